The Morgan fingerprint density at radius 2 is 1.86 bits per heavy atom. The summed E-state index contributed by atoms with van der Waals surface area (Å²) in [5.74, 6) is 5.10. The first kappa shape index (κ1) is 9.21. The summed E-state index contributed by atoms with van der Waals surface area (Å²) < 4.78 is 0. The molecule has 0 atom stereocenters. The van der Waals surface area contributed by atoms with Crippen LogP contribution in [0.3, 0.4) is 0 Å². The third kappa shape index (κ3) is 1.30. The molecule has 3 nitrogen and oxygen atoms in total. The van der Waals surface area contributed by atoms with E-state index in [-0.39, 0.29) is 11.3 Å². The molecular formula is C11H14N2O. The summed E-state index contributed by atoms with van der Waals surface area (Å²) in [6, 6.07) is 8.16. The number of carbonyl (C=O) groups excluding carboxylic acids is 1. The molecule has 0 spiro atoms. The van der Waals surface area contributed by atoms with Gasteiger partial charge in [0.05, 0.1) is 5.41 Å². The zero-order valence-corrected chi connectivity index (χ0v) is 8.21. The Morgan fingerprint density at radius 1 is 1.36 bits per heavy atom. The molecule has 1 aromatic rings. The molecule has 0 fully saturated rings. The average molecular weight is 190 g/mol. The Morgan fingerprint density at radius 3 is 2.29 bits per heavy atom. The van der Waals surface area contributed by atoms with Crippen LogP contribution in [-0.4, -0.2) is 5.91 Å². The predicted octanol–water partition coefficient (Wildman–Crippen LogP) is 0.781. The highest BCUT2D eigenvalue weighted by Crippen LogP contribution is 2.36. The van der Waals surface area contributed by atoms with Gasteiger partial charge in [-0.25, -0.2) is 5.84 Å². The van der Waals surface area contributed by atoms with Gasteiger partial charge in [0.1, 0.15) is 0 Å². The number of nitrogens with one attached hydrogen (secondary N) is 1. The van der Waals surface area contributed by atoms with Crippen LogP contribution in [0, 0.1) is 5.41 Å². The van der Waals surface area contributed by atoms with E-state index in [0.29, 0.717) is 0 Å². The molecule has 2 rings (SSSR count). The molecular weight excluding hydrogens is 176 g/mol. The first-order valence-corrected chi connectivity index (χ1v) is 4.73. The number of fused-ring (bicyclic) bond motifs is 1. The number of benzene rings is 1. The van der Waals surface area contributed by atoms with Crippen LogP contribution in [0.1, 0.15) is 18.1 Å². The molecule has 1 aromatic carbocycles. The highest BCUT2D eigenvalue weighted by molar-refractivity contribution is 5.83. The van der Waals surface area contributed by atoms with Crippen LogP contribution < -0.4 is 11.3 Å². The number of hydrazine groups is 1. The van der Waals surface area contributed by atoms with Crippen molar-refractivity contribution >= 4 is 5.91 Å². The van der Waals surface area contributed by atoms with Gasteiger partial charge in [-0.1, -0.05) is 31.2 Å². The van der Waals surface area contributed by atoms with Crippen LogP contribution >= 0.6 is 0 Å². The number of carbonyl (C=O) groups is 1. The second-order valence-electron chi connectivity index (χ2n) is 4.16. The topological polar surface area (TPSA) is 55.1 Å². The molecule has 1 aliphatic carbocycles. The molecule has 0 saturated carbocycles. The van der Waals surface area contributed by atoms with Crippen molar-refractivity contribution in [1.82, 2.24) is 5.43 Å². The fraction of sp³-hybridized carbons (Fsp3) is 0.364. The van der Waals surface area contributed by atoms with Gasteiger partial charge in [-0.3, -0.25) is 10.2 Å². The molecule has 0 bridgehead atoms. The van der Waals surface area contributed by atoms with Gasteiger partial charge >= 0.3 is 0 Å². The van der Waals surface area contributed by atoms with Gasteiger partial charge < -0.3 is 0 Å². The van der Waals surface area contributed by atoms with Crippen LogP contribution in [0.2, 0.25) is 0 Å². The van der Waals surface area contributed by atoms with Crippen LogP contribution in [0.4, 0.5) is 0 Å². The lowest BCUT2D eigenvalue weighted by Crippen LogP contribution is -2.43. The standard InChI is InChI=1S/C11H14N2O/c1-11(10(14)13-12)6-8-4-2-3-5-9(8)7-11/h2-5H,6-7,12H2,1H3,(H,13,14). The summed E-state index contributed by atoms with van der Waals surface area (Å²) in [4.78, 5) is 11.6. The van der Waals surface area contributed by atoms with Gasteiger partial charge in [-0.15, -0.1) is 0 Å². The fourth-order valence-electron chi connectivity index (χ4n) is 2.14. The third-order valence-electron chi connectivity index (χ3n) is 2.96. The molecule has 0 aromatic heterocycles. The van der Waals surface area contributed by atoms with Gasteiger partial charge in [0.2, 0.25) is 5.91 Å². The molecule has 0 radical (unpaired) electrons. The van der Waals surface area contributed by atoms with E-state index >= 15 is 0 Å². The predicted molar refractivity (Wildman–Crippen MR) is 54.3 cm³/mol. The maximum atomic E-state index is 11.6. The normalized spacial score (nSPS) is 17.6. The van der Waals surface area contributed by atoms with Crippen LogP contribution in [0.15, 0.2) is 24.3 Å². The lowest BCUT2D eigenvalue weighted by Gasteiger charge is -2.20. The number of amides is 1. The van der Waals surface area contributed by atoms with Crippen molar-refractivity contribution in [3.8, 4) is 0 Å². The van der Waals surface area contributed by atoms with Crippen molar-refractivity contribution in [2.24, 2.45) is 11.3 Å². The molecule has 0 aliphatic heterocycles. The molecule has 0 unspecified atom stereocenters. The number of nitrogens with two attached hydrogens (primary N) is 1. The highest BCUT2D eigenvalue weighted by Gasteiger charge is 2.38. The van der Waals surface area contributed by atoms with Crippen molar-refractivity contribution in [3.63, 3.8) is 0 Å². The third-order valence-corrected chi connectivity index (χ3v) is 2.96. The SMILES string of the molecule is CC1(C(=O)NN)Cc2ccccc2C1. The second kappa shape index (κ2) is 3.10. The van der Waals surface area contributed by atoms with E-state index in [1.54, 1.807) is 0 Å². The summed E-state index contributed by atoms with van der Waals surface area (Å²) in [7, 11) is 0. The maximum absolute atomic E-state index is 11.6. The largest absolute Gasteiger partial charge is 0.294 e. The van der Waals surface area contributed by atoms with E-state index in [0.717, 1.165) is 12.8 Å². The maximum Gasteiger partial charge on any atom is 0.240 e. The zero-order chi connectivity index (χ0) is 10.2. The van der Waals surface area contributed by atoms with Crippen molar-refractivity contribution in [3.05, 3.63) is 35.4 Å². The minimum Gasteiger partial charge on any atom is -0.294 e. The number of hydrogen-bond acceptors (Lipinski definition) is 2. The molecule has 74 valence electrons. The molecule has 1 aliphatic rings. The number of hydrogen-bond donors (Lipinski definition) is 2. The van der Waals surface area contributed by atoms with Crippen LogP contribution in [-0.2, 0) is 17.6 Å². The molecule has 3 N–H and O–H groups in total. The highest BCUT2D eigenvalue weighted by atomic mass is 16.2. The van der Waals surface area contributed by atoms with Crippen molar-refractivity contribution in [2.75, 3.05) is 0 Å². The Balaban J connectivity index is 2.30. The van der Waals surface area contributed by atoms with Crippen LogP contribution in [0.25, 0.3) is 0 Å². The van der Waals surface area contributed by atoms with Crippen molar-refractivity contribution in [2.45, 2.75) is 19.8 Å². The summed E-state index contributed by atoms with van der Waals surface area (Å²) in [6.45, 7) is 1.95. The molecule has 3 heteroatoms. The minimum absolute atomic E-state index is 0.0753. The van der Waals surface area contributed by atoms with Gasteiger partial charge in [0.15, 0.2) is 0 Å². The Labute approximate surface area is 83.3 Å². The van der Waals surface area contributed by atoms with E-state index in [2.05, 4.69) is 17.6 Å². The number of rotatable bonds is 1. The minimum atomic E-state index is -0.363. The van der Waals surface area contributed by atoms with Gasteiger partial charge in [0, 0.05) is 0 Å². The molecule has 14 heavy (non-hydrogen) atoms. The van der Waals surface area contributed by atoms with Gasteiger partial charge in [0.25, 0.3) is 0 Å². The van der Waals surface area contributed by atoms with Gasteiger partial charge in [-0.2, -0.15) is 0 Å². The van der Waals surface area contributed by atoms with Gasteiger partial charge in [-0.05, 0) is 24.0 Å². The quantitative estimate of drug-likeness (QED) is 0.390. The van der Waals surface area contributed by atoms with E-state index < -0.39 is 0 Å². The second-order valence-corrected chi connectivity index (χ2v) is 4.16. The Kier molecular flexibility index (Phi) is 2.04. The molecule has 0 saturated heterocycles. The van der Waals surface area contributed by atoms with E-state index in [9.17, 15) is 4.79 Å². The average Bonchev–Trinajstić information content (AvgIpc) is 2.54. The lowest BCUT2D eigenvalue weighted by atomic mass is 9.86. The molecule has 0 heterocycles. The summed E-state index contributed by atoms with van der Waals surface area (Å²) in [5.41, 5.74) is 4.41. The monoisotopic (exact) mass is 190 g/mol. The first-order chi connectivity index (χ1) is 6.65. The Hall–Kier alpha value is -1.35. The lowest BCUT2D eigenvalue weighted by molar-refractivity contribution is -0.129. The van der Waals surface area contributed by atoms with Crippen LogP contribution in [0.5, 0.6) is 0 Å². The van der Waals surface area contributed by atoms with E-state index in [4.69, 9.17) is 5.84 Å². The van der Waals surface area contributed by atoms with E-state index in [1.165, 1.54) is 11.1 Å². The fourth-order valence-corrected chi connectivity index (χ4v) is 2.14. The summed E-state index contributed by atoms with van der Waals surface area (Å²) in [5, 5.41) is 0. The van der Waals surface area contributed by atoms with E-state index in [1.807, 2.05) is 19.1 Å². The Bertz CT molecular complexity index is 348. The zero-order valence-electron chi connectivity index (χ0n) is 8.21. The summed E-state index contributed by atoms with van der Waals surface area (Å²) >= 11 is 0. The smallest absolute Gasteiger partial charge is 0.240 e. The molecule has 1 amide bonds. The van der Waals surface area contributed by atoms with Crippen molar-refractivity contribution in [1.29, 1.82) is 0 Å². The first-order valence-electron chi connectivity index (χ1n) is 4.73. The summed E-state index contributed by atoms with van der Waals surface area (Å²) in [6.07, 6.45) is 1.57. The van der Waals surface area contributed by atoms with Crippen molar-refractivity contribution < 1.29 is 4.79 Å².